The van der Waals surface area contributed by atoms with Crippen LogP contribution in [0.15, 0.2) is 30.4 Å². The lowest BCUT2D eigenvalue weighted by Gasteiger charge is -2.22. The zero-order chi connectivity index (χ0) is 18.4. The van der Waals surface area contributed by atoms with Crippen LogP contribution in [-0.4, -0.2) is 45.9 Å². The first kappa shape index (κ1) is 19.4. The van der Waals surface area contributed by atoms with Crippen LogP contribution in [-0.2, 0) is 9.53 Å². The number of carbonyl (C=O) groups is 3. The number of benzene rings is 1. The fourth-order valence-electron chi connectivity index (χ4n) is 2.35. The summed E-state index contributed by atoms with van der Waals surface area (Å²) in [5.41, 5.74) is -0.321. The van der Waals surface area contributed by atoms with Crippen LogP contribution in [0, 0.1) is 0 Å². The van der Waals surface area contributed by atoms with Crippen molar-refractivity contribution in [1.29, 1.82) is 0 Å². The number of hydrogen-bond acceptors (Lipinski definition) is 5. The van der Waals surface area contributed by atoms with E-state index >= 15 is 0 Å². The van der Waals surface area contributed by atoms with E-state index < -0.39 is 29.9 Å². The fourth-order valence-corrected chi connectivity index (χ4v) is 2.35. The van der Waals surface area contributed by atoms with Crippen LogP contribution in [0.1, 0.15) is 52.5 Å². The number of hydrogen-bond donors (Lipinski definition) is 3. The van der Waals surface area contributed by atoms with E-state index in [1.165, 1.54) is 32.0 Å². The third-order valence-electron chi connectivity index (χ3n) is 3.53. The van der Waals surface area contributed by atoms with Crippen molar-refractivity contribution in [2.24, 2.45) is 0 Å². The Bertz CT molecular complexity index is 661. The second kappa shape index (κ2) is 8.26. The third kappa shape index (κ3) is 4.66. The molecular weight excluding hydrogens is 316 g/mol. The molecule has 1 aromatic carbocycles. The molecule has 0 saturated heterocycles. The number of aliphatic hydroxyl groups excluding tert-OH is 1. The van der Waals surface area contributed by atoms with E-state index in [9.17, 15) is 24.6 Å². The Morgan fingerprint density at radius 2 is 1.83 bits per heavy atom. The lowest BCUT2D eigenvalue weighted by Crippen LogP contribution is -2.22. The van der Waals surface area contributed by atoms with Crippen molar-refractivity contribution < 1.29 is 34.4 Å². The third-order valence-corrected chi connectivity index (χ3v) is 3.53. The van der Waals surface area contributed by atoms with Crippen LogP contribution in [0.4, 0.5) is 0 Å². The number of aromatic carboxylic acids is 2. The maximum atomic E-state index is 11.5. The van der Waals surface area contributed by atoms with Gasteiger partial charge in [-0.2, -0.15) is 0 Å². The molecule has 0 aromatic heterocycles. The van der Waals surface area contributed by atoms with E-state index in [4.69, 9.17) is 9.84 Å². The highest BCUT2D eigenvalue weighted by atomic mass is 16.5. The molecular formula is C17H20O7. The Hall–Kier alpha value is -2.67. The van der Waals surface area contributed by atoms with Crippen molar-refractivity contribution in [3.05, 3.63) is 47.0 Å². The van der Waals surface area contributed by atoms with Crippen molar-refractivity contribution in [2.75, 3.05) is 6.61 Å². The Morgan fingerprint density at radius 3 is 2.29 bits per heavy atom. The number of rotatable bonds is 8. The minimum absolute atomic E-state index is 0.0579. The van der Waals surface area contributed by atoms with Crippen molar-refractivity contribution >= 4 is 17.9 Å². The van der Waals surface area contributed by atoms with E-state index in [0.717, 1.165) is 0 Å². The van der Waals surface area contributed by atoms with Gasteiger partial charge < -0.3 is 20.1 Å². The van der Waals surface area contributed by atoms with Gasteiger partial charge in [0.2, 0.25) is 0 Å². The first-order valence-electron chi connectivity index (χ1n) is 7.27. The van der Waals surface area contributed by atoms with Crippen LogP contribution < -0.4 is 0 Å². The van der Waals surface area contributed by atoms with Gasteiger partial charge in [0.15, 0.2) is 0 Å². The first-order chi connectivity index (χ1) is 11.2. The van der Waals surface area contributed by atoms with Gasteiger partial charge in [0.25, 0.3) is 0 Å². The monoisotopic (exact) mass is 336 g/mol. The summed E-state index contributed by atoms with van der Waals surface area (Å²) in [5.74, 6) is -4.05. The number of carbonyl (C=O) groups excluding carboxylic acids is 1. The Balaban J connectivity index is 3.15. The number of carboxylic acids is 2. The molecule has 2 atom stereocenters. The van der Waals surface area contributed by atoms with Gasteiger partial charge in [-0.3, -0.25) is 0 Å². The van der Waals surface area contributed by atoms with E-state index in [1.807, 2.05) is 0 Å². The molecule has 0 aliphatic rings. The van der Waals surface area contributed by atoms with Gasteiger partial charge in [-0.1, -0.05) is 18.7 Å². The molecule has 7 heteroatoms. The highest BCUT2D eigenvalue weighted by molar-refractivity contribution is 6.02. The molecule has 3 N–H and O–H groups in total. The summed E-state index contributed by atoms with van der Waals surface area (Å²) in [5, 5.41) is 28.5. The second-order valence-corrected chi connectivity index (χ2v) is 5.43. The Labute approximate surface area is 139 Å². The van der Waals surface area contributed by atoms with E-state index in [2.05, 4.69) is 6.58 Å². The minimum atomic E-state index is -1.40. The zero-order valence-corrected chi connectivity index (χ0v) is 13.5. The van der Waals surface area contributed by atoms with Gasteiger partial charge >= 0.3 is 17.9 Å². The zero-order valence-electron chi connectivity index (χ0n) is 13.5. The molecule has 0 aliphatic heterocycles. The maximum absolute atomic E-state index is 11.5. The molecule has 0 aliphatic carbocycles. The predicted molar refractivity (Wildman–Crippen MR) is 85.2 cm³/mol. The maximum Gasteiger partial charge on any atom is 0.336 e. The SMILES string of the molecule is C=C(C)C(=O)OCCC(c1cccc(C(=O)O)c1C(=O)O)C(C)O. The van der Waals surface area contributed by atoms with Crippen LogP contribution in [0.2, 0.25) is 0 Å². The summed E-state index contributed by atoms with van der Waals surface area (Å²) in [4.78, 5) is 34.1. The van der Waals surface area contributed by atoms with Gasteiger partial charge in [-0.05, 0) is 31.9 Å². The average Bonchev–Trinajstić information content (AvgIpc) is 2.49. The van der Waals surface area contributed by atoms with Gasteiger partial charge in [0, 0.05) is 11.5 Å². The predicted octanol–water partition coefficient (Wildman–Crippen LogP) is 2.06. The molecule has 0 saturated carbocycles. The fraction of sp³-hybridized carbons (Fsp3) is 0.353. The van der Waals surface area contributed by atoms with E-state index in [-0.39, 0.29) is 35.3 Å². The van der Waals surface area contributed by atoms with Gasteiger partial charge in [-0.15, -0.1) is 0 Å². The highest BCUT2D eigenvalue weighted by Crippen LogP contribution is 2.29. The molecule has 0 fully saturated rings. The van der Waals surface area contributed by atoms with Crippen molar-refractivity contribution in [1.82, 2.24) is 0 Å². The first-order valence-corrected chi connectivity index (χ1v) is 7.27. The summed E-state index contributed by atoms with van der Waals surface area (Å²) in [6.07, 6.45) is -0.823. The molecule has 24 heavy (non-hydrogen) atoms. The largest absolute Gasteiger partial charge is 0.478 e. The summed E-state index contributed by atoms with van der Waals surface area (Å²) in [6, 6.07) is 4.06. The van der Waals surface area contributed by atoms with Gasteiger partial charge in [0.1, 0.15) is 0 Å². The van der Waals surface area contributed by atoms with Crippen LogP contribution in [0.25, 0.3) is 0 Å². The molecule has 1 rings (SSSR count). The van der Waals surface area contributed by atoms with Crippen molar-refractivity contribution in [3.8, 4) is 0 Å². The average molecular weight is 336 g/mol. The lowest BCUT2D eigenvalue weighted by atomic mass is 9.86. The summed E-state index contributed by atoms with van der Waals surface area (Å²) in [7, 11) is 0. The molecule has 1 aromatic rings. The lowest BCUT2D eigenvalue weighted by molar-refractivity contribution is -0.139. The number of ether oxygens (including phenoxy) is 1. The Morgan fingerprint density at radius 1 is 1.21 bits per heavy atom. The number of aliphatic hydroxyl groups is 1. The quantitative estimate of drug-likeness (QED) is 0.490. The van der Waals surface area contributed by atoms with Gasteiger partial charge in [-0.25, -0.2) is 14.4 Å². The molecule has 0 bridgehead atoms. The van der Waals surface area contributed by atoms with Crippen LogP contribution in [0.3, 0.4) is 0 Å². The number of carboxylic acid groups (broad SMARTS) is 2. The molecule has 0 amide bonds. The van der Waals surface area contributed by atoms with Crippen molar-refractivity contribution in [2.45, 2.75) is 32.3 Å². The normalized spacial score (nSPS) is 13.0. The molecule has 0 heterocycles. The molecule has 7 nitrogen and oxygen atoms in total. The van der Waals surface area contributed by atoms with Gasteiger partial charge in [0.05, 0.1) is 23.8 Å². The van der Waals surface area contributed by atoms with E-state index in [1.54, 1.807) is 0 Å². The standard InChI is InChI=1S/C17H20O7/c1-9(2)17(23)24-8-7-11(10(3)18)12-5-4-6-13(15(19)20)14(12)16(21)22/h4-6,10-11,18H,1,7-8H2,2-3H3,(H,19,20)(H,21,22). The summed E-state index contributed by atoms with van der Waals surface area (Å²) in [6.45, 7) is 6.35. The molecule has 2 unspecified atom stereocenters. The second-order valence-electron chi connectivity index (χ2n) is 5.43. The molecule has 0 radical (unpaired) electrons. The number of esters is 1. The minimum Gasteiger partial charge on any atom is -0.478 e. The summed E-state index contributed by atoms with van der Waals surface area (Å²) < 4.78 is 4.97. The summed E-state index contributed by atoms with van der Waals surface area (Å²) >= 11 is 0. The highest BCUT2D eigenvalue weighted by Gasteiger charge is 2.27. The molecule has 130 valence electrons. The van der Waals surface area contributed by atoms with Crippen LogP contribution >= 0.6 is 0 Å². The van der Waals surface area contributed by atoms with Crippen LogP contribution in [0.5, 0.6) is 0 Å². The van der Waals surface area contributed by atoms with Crippen molar-refractivity contribution in [3.63, 3.8) is 0 Å². The Kier molecular flexibility index (Phi) is 6.67. The van der Waals surface area contributed by atoms with E-state index in [0.29, 0.717) is 0 Å². The topological polar surface area (TPSA) is 121 Å². The molecule has 0 spiro atoms. The smallest absolute Gasteiger partial charge is 0.336 e.